The van der Waals surface area contributed by atoms with Gasteiger partial charge in [0.2, 0.25) is 0 Å². The summed E-state index contributed by atoms with van der Waals surface area (Å²) in [6, 6.07) is 8.35. The van der Waals surface area contributed by atoms with Crippen LogP contribution in [0.4, 0.5) is 0 Å². The van der Waals surface area contributed by atoms with Gasteiger partial charge in [-0.15, -0.1) is 0 Å². The van der Waals surface area contributed by atoms with Crippen molar-refractivity contribution < 1.29 is 24.4 Å². The average Bonchev–Trinajstić information content (AvgIpc) is 2.65. The zero-order valence-corrected chi connectivity index (χ0v) is 13.2. The van der Waals surface area contributed by atoms with Gasteiger partial charge < -0.3 is 24.8 Å². The number of fused-ring (bicyclic) bond motifs is 2. The summed E-state index contributed by atoms with van der Waals surface area (Å²) in [6.07, 6.45) is 0.296. The fraction of sp³-hybridized carbons (Fsp3) is 0.588. The van der Waals surface area contributed by atoms with E-state index in [9.17, 15) is 20.2 Å². The lowest BCUT2D eigenvalue weighted by Crippen LogP contribution is -2.56. The van der Waals surface area contributed by atoms with Gasteiger partial charge in [0.1, 0.15) is 24.2 Å². The first-order chi connectivity index (χ1) is 10.9. The molecule has 23 heavy (non-hydrogen) atoms. The number of carbonyl (C=O) groups is 1. The predicted molar refractivity (Wildman–Crippen MR) is 83.1 cm³/mol. The maximum Gasteiger partial charge on any atom is 0.316 e. The number of rotatable bonds is 4. The molecule has 2 N–H and O–H groups in total. The van der Waals surface area contributed by atoms with Crippen LogP contribution in [0.2, 0.25) is 0 Å². The average molecular weight is 321 g/mol. The molecule has 1 aromatic rings. The minimum Gasteiger partial charge on any atom is -0.633 e. The van der Waals surface area contributed by atoms with Gasteiger partial charge in [0.15, 0.2) is 0 Å². The van der Waals surface area contributed by atoms with Gasteiger partial charge in [0.05, 0.1) is 19.7 Å². The number of likely N-dealkylation sites (N-methyl/N-ethyl adjacent to an activating group) is 1. The summed E-state index contributed by atoms with van der Waals surface area (Å²) in [7, 11) is 1.59. The summed E-state index contributed by atoms with van der Waals surface area (Å²) < 4.78 is 5.12. The molecule has 6 atom stereocenters. The molecule has 2 fully saturated rings. The molecular weight excluding hydrogens is 298 g/mol. The summed E-state index contributed by atoms with van der Waals surface area (Å²) in [5.41, 5.74) is 0.711. The van der Waals surface area contributed by atoms with Gasteiger partial charge in [0.25, 0.3) is 0 Å². The van der Waals surface area contributed by atoms with E-state index in [2.05, 4.69) is 0 Å². The number of aliphatic hydroxyl groups is 2. The van der Waals surface area contributed by atoms with Gasteiger partial charge in [-0.25, -0.2) is 0 Å². The summed E-state index contributed by atoms with van der Waals surface area (Å²) in [5, 5.41) is 32.0. The number of hydroxylamine groups is 3. The van der Waals surface area contributed by atoms with Crippen LogP contribution in [-0.2, 0) is 9.53 Å². The number of carbonyl (C=O) groups excluding carboxylic acids is 1. The Bertz CT molecular complexity index is 561. The van der Waals surface area contributed by atoms with Crippen molar-refractivity contribution in [3.05, 3.63) is 41.1 Å². The van der Waals surface area contributed by atoms with Crippen molar-refractivity contribution in [2.75, 3.05) is 13.7 Å². The maximum atomic E-state index is 12.5. The molecule has 2 aliphatic heterocycles. The van der Waals surface area contributed by atoms with Crippen molar-refractivity contribution in [2.24, 2.45) is 0 Å². The van der Waals surface area contributed by atoms with E-state index in [1.165, 1.54) is 0 Å². The number of aliphatic hydroxyl groups excluding tert-OH is 2. The number of quaternary nitrogens is 1. The Kier molecular flexibility index (Phi) is 4.42. The number of hydrogen-bond acceptors (Lipinski definition) is 5. The molecule has 0 saturated carbocycles. The fourth-order valence-corrected chi connectivity index (χ4v) is 3.94. The lowest BCUT2D eigenvalue weighted by molar-refractivity contribution is -0.905. The van der Waals surface area contributed by atoms with E-state index < -0.39 is 28.7 Å². The molecule has 0 radical (unpaired) electrons. The van der Waals surface area contributed by atoms with Crippen LogP contribution >= 0.6 is 0 Å². The summed E-state index contributed by atoms with van der Waals surface area (Å²) in [5.74, 6) is -1.19. The van der Waals surface area contributed by atoms with E-state index in [0.717, 1.165) is 0 Å². The molecular formula is C17H23NO5. The lowest BCUT2D eigenvalue weighted by Gasteiger charge is -2.50. The molecule has 2 bridgehead atoms. The highest BCUT2D eigenvalue weighted by Gasteiger charge is 2.53. The first kappa shape index (κ1) is 16.4. The van der Waals surface area contributed by atoms with Crippen LogP contribution in [0, 0.1) is 5.21 Å². The predicted octanol–water partition coefficient (Wildman–Crippen LogP) is 0.914. The first-order valence-corrected chi connectivity index (χ1v) is 8.04. The number of esters is 1. The van der Waals surface area contributed by atoms with Crippen molar-refractivity contribution in [2.45, 2.75) is 49.5 Å². The highest BCUT2D eigenvalue weighted by atomic mass is 16.6. The quantitative estimate of drug-likeness (QED) is 0.489. The zero-order chi connectivity index (χ0) is 16.6. The minimum atomic E-state index is -0.714. The van der Waals surface area contributed by atoms with E-state index in [1.54, 1.807) is 19.2 Å². The van der Waals surface area contributed by atoms with Crippen molar-refractivity contribution >= 4 is 5.97 Å². The van der Waals surface area contributed by atoms with Crippen LogP contribution in [0.3, 0.4) is 0 Å². The fourth-order valence-electron chi connectivity index (χ4n) is 3.94. The molecule has 0 spiro atoms. The Morgan fingerprint density at radius 2 is 2.04 bits per heavy atom. The monoisotopic (exact) mass is 321 g/mol. The topological polar surface area (TPSA) is 89.8 Å². The van der Waals surface area contributed by atoms with Crippen molar-refractivity contribution in [1.29, 1.82) is 0 Å². The Hall–Kier alpha value is -1.47. The first-order valence-electron chi connectivity index (χ1n) is 8.04. The molecule has 2 heterocycles. The van der Waals surface area contributed by atoms with Gasteiger partial charge in [-0.3, -0.25) is 4.79 Å². The van der Waals surface area contributed by atoms with Gasteiger partial charge in [-0.1, -0.05) is 30.3 Å². The second kappa shape index (κ2) is 6.20. The van der Waals surface area contributed by atoms with Crippen LogP contribution in [-0.4, -0.2) is 58.8 Å². The number of hydrogen-bond donors (Lipinski definition) is 2. The molecule has 6 nitrogen and oxygen atoms in total. The third-order valence-corrected chi connectivity index (χ3v) is 5.33. The molecule has 126 valence electrons. The van der Waals surface area contributed by atoms with Gasteiger partial charge >= 0.3 is 5.97 Å². The van der Waals surface area contributed by atoms with Crippen LogP contribution in [0.5, 0.6) is 0 Å². The second-order valence-electron chi connectivity index (χ2n) is 6.76. The van der Waals surface area contributed by atoms with E-state index in [-0.39, 0.29) is 18.8 Å². The Labute approximate surface area is 135 Å². The molecule has 0 aliphatic carbocycles. The number of benzene rings is 1. The van der Waals surface area contributed by atoms with Gasteiger partial charge in [-0.05, 0) is 5.56 Å². The standard InChI is InChI=1S/C17H23NO5/c1-18(22)12-7-13(9-15(18)16(20)8-12)23-17(21)14(10-19)11-5-3-2-4-6-11/h2-6,12-16,19-20H,7-10H2,1H3/t12-,13-,14?,15+,16-,18?/m0/s1. The lowest BCUT2D eigenvalue weighted by atomic mass is 9.97. The summed E-state index contributed by atoms with van der Waals surface area (Å²) in [6.45, 7) is -0.319. The van der Waals surface area contributed by atoms with Gasteiger partial charge in [0, 0.05) is 19.3 Å². The summed E-state index contributed by atoms with van der Waals surface area (Å²) >= 11 is 0. The van der Waals surface area contributed by atoms with E-state index >= 15 is 0 Å². The van der Waals surface area contributed by atoms with Crippen LogP contribution in [0.15, 0.2) is 30.3 Å². The number of piperidine rings is 1. The molecule has 2 saturated heterocycles. The molecule has 2 aliphatic rings. The minimum absolute atomic E-state index is 0.231. The molecule has 1 aromatic carbocycles. The highest BCUT2D eigenvalue weighted by molar-refractivity contribution is 5.78. The number of nitrogens with zero attached hydrogens (tertiary/aromatic N) is 1. The van der Waals surface area contributed by atoms with E-state index in [1.807, 2.05) is 18.2 Å². The molecule has 0 aromatic heterocycles. The van der Waals surface area contributed by atoms with E-state index in [0.29, 0.717) is 24.8 Å². The normalized spacial score (nSPS) is 37.4. The Morgan fingerprint density at radius 1 is 1.35 bits per heavy atom. The molecule has 0 amide bonds. The van der Waals surface area contributed by atoms with Crippen LogP contribution < -0.4 is 0 Å². The van der Waals surface area contributed by atoms with Crippen molar-refractivity contribution in [3.8, 4) is 0 Å². The Balaban J connectivity index is 1.67. The highest BCUT2D eigenvalue weighted by Crippen LogP contribution is 2.41. The maximum absolute atomic E-state index is 12.5. The third-order valence-electron chi connectivity index (χ3n) is 5.33. The zero-order valence-electron chi connectivity index (χ0n) is 13.2. The van der Waals surface area contributed by atoms with Gasteiger partial charge in [-0.2, -0.15) is 0 Å². The summed E-state index contributed by atoms with van der Waals surface area (Å²) in [4.78, 5) is 12.4. The largest absolute Gasteiger partial charge is 0.633 e. The van der Waals surface area contributed by atoms with Crippen molar-refractivity contribution in [3.63, 3.8) is 0 Å². The molecule has 3 rings (SSSR count). The van der Waals surface area contributed by atoms with Crippen molar-refractivity contribution in [1.82, 2.24) is 0 Å². The number of ether oxygens (including phenoxy) is 1. The third kappa shape index (κ3) is 2.99. The Morgan fingerprint density at radius 3 is 2.65 bits per heavy atom. The van der Waals surface area contributed by atoms with E-state index in [4.69, 9.17) is 4.74 Å². The molecule has 2 unspecified atom stereocenters. The smallest absolute Gasteiger partial charge is 0.316 e. The second-order valence-corrected chi connectivity index (χ2v) is 6.76. The van der Waals surface area contributed by atoms with Crippen LogP contribution in [0.1, 0.15) is 30.7 Å². The SMILES string of the molecule is C[N+]1([O-])[C@H]2C[C@H](OC(=O)C(CO)c3ccccc3)C[C@@H]1[C@@H](O)C2. The molecule has 6 heteroatoms. The van der Waals surface area contributed by atoms with Crippen LogP contribution in [0.25, 0.3) is 0 Å².